The number of benzene rings is 2. The van der Waals surface area contributed by atoms with Crippen LogP contribution in [0.4, 0.5) is 10.5 Å². The van der Waals surface area contributed by atoms with Crippen LogP contribution in [0, 0.1) is 0 Å². The molecule has 0 radical (unpaired) electrons. The molecule has 1 aromatic heterocycles. The first-order valence-electron chi connectivity index (χ1n) is 8.91. The quantitative estimate of drug-likeness (QED) is 0.572. The molecule has 3 N–H and O–H groups in total. The molecule has 3 aromatic rings. The maximum atomic E-state index is 11.6. The number of phenols is 1. The standard InChI is InChI=1S/C21H23N3O3/c1-14(2)27-21(26)23-12-11-22-18-13-19(16-8-4-6-10-20(16)25)24-17-9-5-3-7-15(17)18/h3-10,13-14,25H,11-12H2,1-2H3,(H,22,24)(H,23,26). The number of carbonyl (C=O) groups excluding carboxylic acids is 1. The molecule has 3 rings (SSSR count). The minimum atomic E-state index is -0.429. The lowest BCUT2D eigenvalue weighted by molar-refractivity contribution is 0.116. The number of carbonyl (C=O) groups is 1. The van der Waals surface area contributed by atoms with Crippen molar-refractivity contribution in [1.82, 2.24) is 10.3 Å². The third-order valence-corrected chi connectivity index (χ3v) is 3.95. The van der Waals surface area contributed by atoms with Crippen LogP contribution in [0.1, 0.15) is 13.8 Å². The van der Waals surface area contributed by atoms with E-state index in [1.165, 1.54) is 0 Å². The van der Waals surface area contributed by atoms with Crippen LogP contribution in [0.15, 0.2) is 54.6 Å². The van der Waals surface area contributed by atoms with Crippen LogP contribution in [0.5, 0.6) is 5.75 Å². The zero-order valence-corrected chi connectivity index (χ0v) is 15.4. The molecule has 0 atom stereocenters. The van der Waals surface area contributed by atoms with E-state index in [-0.39, 0.29) is 11.9 Å². The summed E-state index contributed by atoms with van der Waals surface area (Å²) in [5, 5.41) is 17.2. The Morgan fingerprint density at radius 3 is 2.63 bits per heavy atom. The Bertz CT molecular complexity index is 941. The van der Waals surface area contributed by atoms with Gasteiger partial charge in [-0.3, -0.25) is 0 Å². The van der Waals surface area contributed by atoms with Gasteiger partial charge in [0.15, 0.2) is 0 Å². The van der Waals surface area contributed by atoms with Crippen molar-refractivity contribution in [2.24, 2.45) is 0 Å². The second kappa shape index (κ2) is 8.40. The van der Waals surface area contributed by atoms with Crippen molar-refractivity contribution in [3.63, 3.8) is 0 Å². The molecular formula is C21H23N3O3. The fraction of sp³-hybridized carbons (Fsp3) is 0.238. The Balaban J connectivity index is 1.80. The van der Waals surface area contributed by atoms with E-state index >= 15 is 0 Å². The fourth-order valence-electron chi connectivity index (χ4n) is 2.77. The number of aromatic nitrogens is 1. The van der Waals surface area contributed by atoms with Gasteiger partial charge in [-0.25, -0.2) is 9.78 Å². The molecule has 0 bridgehead atoms. The average Bonchev–Trinajstić information content (AvgIpc) is 2.64. The molecule has 0 saturated heterocycles. The van der Waals surface area contributed by atoms with Gasteiger partial charge in [0.05, 0.1) is 17.3 Å². The normalized spacial score (nSPS) is 10.8. The van der Waals surface area contributed by atoms with E-state index in [4.69, 9.17) is 4.74 Å². The van der Waals surface area contributed by atoms with Crippen molar-refractivity contribution in [2.75, 3.05) is 18.4 Å². The number of rotatable bonds is 6. The number of nitrogens with one attached hydrogen (secondary N) is 2. The van der Waals surface area contributed by atoms with Gasteiger partial charge < -0.3 is 20.5 Å². The summed E-state index contributed by atoms with van der Waals surface area (Å²) in [6.07, 6.45) is -0.579. The molecule has 140 valence electrons. The van der Waals surface area contributed by atoms with Crippen molar-refractivity contribution in [1.29, 1.82) is 0 Å². The molecular weight excluding hydrogens is 342 g/mol. The number of hydrogen-bond acceptors (Lipinski definition) is 5. The van der Waals surface area contributed by atoms with Crippen LogP contribution in [-0.4, -0.2) is 35.4 Å². The Morgan fingerprint density at radius 1 is 1.11 bits per heavy atom. The highest BCUT2D eigenvalue weighted by Gasteiger charge is 2.10. The highest BCUT2D eigenvalue weighted by Crippen LogP contribution is 2.32. The predicted octanol–water partition coefficient (Wildman–Crippen LogP) is 4.15. The van der Waals surface area contributed by atoms with Crippen molar-refractivity contribution in [3.8, 4) is 17.0 Å². The van der Waals surface area contributed by atoms with Gasteiger partial charge in [0, 0.05) is 29.7 Å². The summed E-state index contributed by atoms with van der Waals surface area (Å²) in [5.41, 5.74) is 3.07. The molecule has 1 amide bonds. The number of aromatic hydroxyl groups is 1. The van der Waals surface area contributed by atoms with E-state index in [1.54, 1.807) is 12.1 Å². The maximum Gasteiger partial charge on any atom is 0.407 e. The molecule has 0 aliphatic carbocycles. The highest BCUT2D eigenvalue weighted by molar-refractivity contribution is 5.94. The zero-order chi connectivity index (χ0) is 19.2. The number of pyridine rings is 1. The van der Waals surface area contributed by atoms with Gasteiger partial charge in [-0.15, -0.1) is 0 Å². The van der Waals surface area contributed by atoms with Crippen molar-refractivity contribution < 1.29 is 14.6 Å². The largest absolute Gasteiger partial charge is 0.507 e. The molecule has 6 nitrogen and oxygen atoms in total. The molecule has 27 heavy (non-hydrogen) atoms. The Hall–Kier alpha value is -3.28. The Morgan fingerprint density at radius 2 is 1.85 bits per heavy atom. The van der Waals surface area contributed by atoms with Gasteiger partial charge in [-0.1, -0.05) is 30.3 Å². The number of hydrogen-bond donors (Lipinski definition) is 3. The van der Waals surface area contributed by atoms with Crippen molar-refractivity contribution >= 4 is 22.7 Å². The molecule has 0 spiro atoms. The molecule has 0 aliphatic heterocycles. The summed E-state index contributed by atoms with van der Waals surface area (Å²) in [4.78, 5) is 16.2. The van der Waals surface area contributed by atoms with E-state index in [0.29, 0.717) is 24.3 Å². The van der Waals surface area contributed by atoms with Crippen LogP contribution in [-0.2, 0) is 4.74 Å². The number of para-hydroxylation sites is 2. The number of alkyl carbamates (subject to hydrolysis) is 1. The number of ether oxygens (including phenoxy) is 1. The summed E-state index contributed by atoms with van der Waals surface area (Å²) in [6.45, 7) is 4.57. The van der Waals surface area contributed by atoms with E-state index in [9.17, 15) is 9.90 Å². The van der Waals surface area contributed by atoms with E-state index in [1.807, 2.05) is 56.3 Å². The summed E-state index contributed by atoms with van der Waals surface area (Å²) >= 11 is 0. The van der Waals surface area contributed by atoms with Crippen LogP contribution < -0.4 is 10.6 Å². The lowest BCUT2D eigenvalue weighted by Gasteiger charge is -2.14. The van der Waals surface area contributed by atoms with Gasteiger partial charge in [0.1, 0.15) is 5.75 Å². The molecule has 0 unspecified atom stereocenters. The van der Waals surface area contributed by atoms with Crippen LogP contribution in [0.3, 0.4) is 0 Å². The molecule has 6 heteroatoms. The van der Waals surface area contributed by atoms with Crippen LogP contribution in [0.25, 0.3) is 22.2 Å². The average molecular weight is 365 g/mol. The van der Waals surface area contributed by atoms with Gasteiger partial charge in [-0.05, 0) is 38.1 Å². The maximum absolute atomic E-state index is 11.6. The van der Waals surface area contributed by atoms with Crippen molar-refractivity contribution in [2.45, 2.75) is 20.0 Å². The van der Waals surface area contributed by atoms with Gasteiger partial charge in [0.2, 0.25) is 0 Å². The van der Waals surface area contributed by atoms with E-state index in [0.717, 1.165) is 16.6 Å². The Kier molecular flexibility index (Phi) is 5.76. The van der Waals surface area contributed by atoms with Gasteiger partial charge >= 0.3 is 6.09 Å². The second-order valence-corrected chi connectivity index (χ2v) is 6.40. The lowest BCUT2D eigenvalue weighted by Crippen LogP contribution is -2.31. The first kappa shape index (κ1) is 18.5. The zero-order valence-electron chi connectivity index (χ0n) is 15.4. The second-order valence-electron chi connectivity index (χ2n) is 6.40. The number of fused-ring (bicyclic) bond motifs is 1. The van der Waals surface area contributed by atoms with Gasteiger partial charge in [0.25, 0.3) is 0 Å². The van der Waals surface area contributed by atoms with E-state index in [2.05, 4.69) is 15.6 Å². The molecule has 2 aromatic carbocycles. The molecule has 0 fully saturated rings. The predicted molar refractivity (Wildman–Crippen MR) is 107 cm³/mol. The third-order valence-electron chi connectivity index (χ3n) is 3.95. The smallest absolute Gasteiger partial charge is 0.407 e. The summed E-state index contributed by atoms with van der Waals surface area (Å²) in [6, 6.07) is 16.8. The molecule has 1 heterocycles. The fourth-order valence-corrected chi connectivity index (χ4v) is 2.77. The first-order chi connectivity index (χ1) is 13.0. The first-order valence-corrected chi connectivity index (χ1v) is 8.91. The summed E-state index contributed by atoms with van der Waals surface area (Å²) in [7, 11) is 0. The summed E-state index contributed by atoms with van der Waals surface area (Å²) in [5.74, 6) is 0.185. The number of nitrogens with zero attached hydrogens (tertiary/aromatic N) is 1. The van der Waals surface area contributed by atoms with Crippen LogP contribution >= 0.6 is 0 Å². The number of phenolic OH excluding ortho intramolecular Hbond substituents is 1. The Labute approximate surface area is 158 Å². The topological polar surface area (TPSA) is 83.5 Å². The number of anilines is 1. The third kappa shape index (κ3) is 4.67. The van der Waals surface area contributed by atoms with E-state index < -0.39 is 6.09 Å². The highest BCUT2D eigenvalue weighted by atomic mass is 16.6. The minimum absolute atomic E-state index is 0.150. The molecule has 0 saturated carbocycles. The number of amides is 1. The SMILES string of the molecule is CC(C)OC(=O)NCCNc1cc(-c2ccccc2O)nc2ccccc12. The monoisotopic (exact) mass is 365 g/mol. The van der Waals surface area contributed by atoms with Crippen LogP contribution in [0.2, 0.25) is 0 Å². The van der Waals surface area contributed by atoms with Crippen molar-refractivity contribution in [3.05, 3.63) is 54.6 Å². The van der Waals surface area contributed by atoms with Gasteiger partial charge in [-0.2, -0.15) is 0 Å². The summed E-state index contributed by atoms with van der Waals surface area (Å²) < 4.78 is 5.05. The minimum Gasteiger partial charge on any atom is -0.507 e. The molecule has 0 aliphatic rings. The lowest BCUT2D eigenvalue weighted by atomic mass is 10.1.